The summed E-state index contributed by atoms with van der Waals surface area (Å²) in [5, 5.41) is 1.62. The van der Waals surface area contributed by atoms with E-state index in [4.69, 9.17) is 4.74 Å². The van der Waals surface area contributed by atoms with Crippen LogP contribution in [0.4, 0.5) is 23.7 Å². The number of hydrogen-bond donors (Lipinski definition) is 1. The summed E-state index contributed by atoms with van der Waals surface area (Å²) in [6, 6.07) is 12.7. The Morgan fingerprint density at radius 3 is 2.38 bits per heavy atom. The molecule has 0 atom stereocenters. The number of thioether (sulfide) groups is 1. The lowest BCUT2D eigenvalue weighted by atomic mass is 10.2. The maximum absolute atomic E-state index is 12.9. The molecule has 0 saturated carbocycles. The molecule has 1 saturated heterocycles. The second-order valence-corrected chi connectivity index (χ2v) is 9.59. The number of esters is 1. The van der Waals surface area contributed by atoms with Gasteiger partial charge in [0.1, 0.15) is 6.54 Å². The van der Waals surface area contributed by atoms with Gasteiger partial charge in [-0.1, -0.05) is 6.07 Å². The Bertz CT molecular complexity index is 1510. The molecule has 8 nitrogen and oxygen atoms in total. The number of amides is 3. The molecule has 4 rings (SSSR count). The first kappa shape index (κ1) is 27.7. The molecule has 1 aromatic heterocycles. The van der Waals surface area contributed by atoms with Gasteiger partial charge >= 0.3 is 12.1 Å². The summed E-state index contributed by atoms with van der Waals surface area (Å²) in [5.74, 6) is -1.95. The fourth-order valence-corrected chi connectivity index (χ4v) is 4.92. The van der Waals surface area contributed by atoms with Crippen LogP contribution in [-0.2, 0) is 20.5 Å². The average Bonchev–Trinajstić information content (AvgIpc) is 3.31. The second kappa shape index (κ2) is 10.8. The lowest BCUT2D eigenvalue weighted by molar-refractivity contribution is -0.137. The van der Waals surface area contributed by atoms with Crippen LogP contribution in [0, 0.1) is 13.8 Å². The van der Waals surface area contributed by atoms with Crippen LogP contribution in [0.3, 0.4) is 0 Å². The number of anilines is 1. The zero-order chi connectivity index (χ0) is 28.5. The largest absolute Gasteiger partial charge is 0.465 e. The second-order valence-electron chi connectivity index (χ2n) is 8.59. The molecule has 3 amide bonds. The van der Waals surface area contributed by atoms with Gasteiger partial charge in [-0.15, -0.1) is 0 Å². The quantitative estimate of drug-likeness (QED) is 0.314. The third-order valence-corrected chi connectivity index (χ3v) is 6.86. The monoisotopic (exact) mass is 557 g/mol. The van der Waals surface area contributed by atoms with Gasteiger partial charge in [-0.05, 0) is 85.8 Å². The van der Waals surface area contributed by atoms with E-state index in [1.807, 2.05) is 24.5 Å². The molecule has 0 radical (unpaired) electrons. The Balaban J connectivity index is 1.50. The van der Waals surface area contributed by atoms with E-state index in [9.17, 15) is 32.3 Å². The lowest BCUT2D eigenvalue weighted by Gasteiger charge is -2.13. The van der Waals surface area contributed by atoms with Gasteiger partial charge in [0.2, 0.25) is 5.91 Å². The van der Waals surface area contributed by atoms with Gasteiger partial charge in [0, 0.05) is 22.8 Å². The van der Waals surface area contributed by atoms with Crippen LogP contribution in [0.1, 0.15) is 32.9 Å². The first-order valence-corrected chi connectivity index (χ1v) is 12.3. The molecule has 0 bridgehead atoms. The molecule has 1 aliphatic rings. The molecule has 1 N–H and O–H groups in total. The number of benzene rings is 2. The van der Waals surface area contributed by atoms with Crippen LogP contribution in [0.25, 0.3) is 11.8 Å². The third kappa shape index (κ3) is 5.90. The summed E-state index contributed by atoms with van der Waals surface area (Å²) in [6.45, 7) is 3.05. The van der Waals surface area contributed by atoms with Crippen LogP contribution >= 0.6 is 11.8 Å². The number of aryl methyl sites for hydroxylation is 1. The van der Waals surface area contributed by atoms with Crippen LogP contribution < -0.4 is 5.32 Å². The lowest BCUT2D eigenvalue weighted by Crippen LogP contribution is -2.36. The number of hydrogen-bond acceptors (Lipinski definition) is 6. The van der Waals surface area contributed by atoms with Crippen molar-refractivity contribution in [1.82, 2.24) is 9.47 Å². The van der Waals surface area contributed by atoms with E-state index < -0.39 is 41.3 Å². The van der Waals surface area contributed by atoms with E-state index in [1.165, 1.54) is 13.2 Å². The van der Waals surface area contributed by atoms with Gasteiger partial charge in [0.15, 0.2) is 0 Å². The fourth-order valence-electron chi connectivity index (χ4n) is 4.09. The van der Waals surface area contributed by atoms with Crippen molar-refractivity contribution in [3.8, 4) is 5.69 Å². The van der Waals surface area contributed by atoms with E-state index in [1.54, 1.807) is 30.3 Å². The Morgan fingerprint density at radius 1 is 1.05 bits per heavy atom. The van der Waals surface area contributed by atoms with E-state index in [2.05, 4.69) is 5.32 Å². The first-order chi connectivity index (χ1) is 18.4. The number of rotatable bonds is 6. The molecule has 12 heteroatoms. The minimum absolute atomic E-state index is 0.105. The number of alkyl halides is 3. The van der Waals surface area contributed by atoms with Gasteiger partial charge in [-0.3, -0.25) is 19.3 Å². The molecule has 2 aromatic carbocycles. The molecule has 39 heavy (non-hydrogen) atoms. The Morgan fingerprint density at radius 2 is 1.74 bits per heavy atom. The maximum atomic E-state index is 12.9. The molecule has 3 aromatic rings. The summed E-state index contributed by atoms with van der Waals surface area (Å²) in [5.41, 5.74) is 2.40. The molecule has 202 valence electrons. The standard InChI is InChI=1S/C27H22F3N3O5S/c1-15-11-18(16(2)33(15)21-9-7-17(8-10-21)25(36)38-3)12-22-24(35)32(26(37)39-22)14-23(34)31-20-6-4-5-19(13-20)27(28,29)30/h4-13H,14H2,1-3H3,(H,31,34)/b22-12-. The van der Waals surface area contributed by atoms with Crippen LogP contribution in [0.15, 0.2) is 59.5 Å². The highest BCUT2D eigenvalue weighted by molar-refractivity contribution is 8.18. The molecular weight excluding hydrogens is 535 g/mol. The van der Waals surface area contributed by atoms with Crippen LogP contribution in [0.2, 0.25) is 0 Å². The normalized spacial score (nSPS) is 14.7. The zero-order valence-corrected chi connectivity index (χ0v) is 21.8. The van der Waals surface area contributed by atoms with Crippen LogP contribution in [0.5, 0.6) is 0 Å². The highest BCUT2D eigenvalue weighted by atomic mass is 32.2. The number of nitrogens with zero attached hydrogens (tertiary/aromatic N) is 2. The zero-order valence-electron chi connectivity index (χ0n) is 21.0. The van der Waals surface area contributed by atoms with Gasteiger partial charge in [0.25, 0.3) is 11.1 Å². The van der Waals surface area contributed by atoms with Gasteiger partial charge in [-0.2, -0.15) is 13.2 Å². The smallest absolute Gasteiger partial charge is 0.416 e. The van der Waals surface area contributed by atoms with E-state index in [-0.39, 0.29) is 10.6 Å². The molecule has 0 spiro atoms. The van der Waals surface area contributed by atoms with Crippen molar-refractivity contribution in [1.29, 1.82) is 0 Å². The SMILES string of the molecule is COC(=O)c1ccc(-n2c(C)cc(/C=C3\SC(=O)N(CC(=O)Nc4cccc(C(F)(F)F)c4)C3=O)c2C)cc1. The summed E-state index contributed by atoms with van der Waals surface area (Å²) in [7, 11) is 1.30. The Labute approximate surface area is 225 Å². The highest BCUT2D eigenvalue weighted by Crippen LogP contribution is 2.34. The number of halogens is 3. The number of carbonyl (C=O) groups is 4. The van der Waals surface area contributed by atoms with E-state index >= 15 is 0 Å². The molecule has 0 aliphatic carbocycles. The average molecular weight is 558 g/mol. The highest BCUT2D eigenvalue weighted by Gasteiger charge is 2.37. The number of methoxy groups -OCH3 is 1. The van der Waals surface area contributed by atoms with Crippen molar-refractivity contribution in [3.63, 3.8) is 0 Å². The van der Waals surface area contributed by atoms with Crippen molar-refractivity contribution in [2.45, 2.75) is 20.0 Å². The van der Waals surface area contributed by atoms with Crippen molar-refractivity contribution in [2.75, 3.05) is 19.0 Å². The predicted molar refractivity (Wildman–Crippen MR) is 139 cm³/mol. The Kier molecular flexibility index (Phi) is 7.68. The van der Waals surface area contributed by atoms with Crippen molar-refractivity contribution in [3.05, 3.63) is 87.6 Å². The molecular formula is C27H22F3N3O5S. The topological polar surface area (TPSA) is 97.7 Å². The number of carbonyl (C=O) groups excluding carboxylic acids is 4. The number of aromatic nitrogens is 1. The minimum atomic E-state index is -4.58. The third-order valence-electron chi connectivity index (χ3n) is 5.95. The number of ether oxygens (including phenoxy) is 1. The number of nitrogens with one attached hydrogen (secondary N) is 1. The van der Waals surface area contributed by atoms with Gasteiger partial charge in [-0.25, -0.2) is 4.79 Å². The van der Waals surface area contributed by atoms with Crippen molar-refractivity contribution >= 4 is 46.5 Å². The summed E-state index contributed by atoms with van der Waals surface area (Å²) < 4.78 is 45.4. The molecule has 2 heterocycles. The van der Waals surface area contributed by atoms with Gasteiger partial charge in [0.05, 0.1) is 23.1 Å². The first-order valence-electron chi connectivity index (χ1n) is 11.5. The summed E-state index contributed by atoms with van der Waals surface area (Å²) >= 11 is 0.667. The van der Waals surface area contributed by atoms with Crippen molar-refractivity contribution < 1.29 is 37.1 Å². The Hall–Kier alpha value is -4.32. The van der Waals surface area contributed by atoms with Crippen LogP contribution in [-0.4, -0.2) is 46.1 Å². The minimum Gasteiger partial charge on any atom is -0.465 e. The van der Waals surface area contributed by atoms with Crippen molar-refractivity contribution in [2.24, 2.45) is 0 Å². The van der Waals surface area contributed by atoms with E-state index in [0.29, 0.717) is 22.9 Å². The summed E-state index contributed by atoms with van der Waals surface area (Å²) in [6.07, 6.45) is -3.03. The number of imide groups is 1. The predicted octanol–water partition coefficient (Wildman–Crippen LogP) is 5.57. The summed E-state index contributed by atoms with van der Waals surface area (Å²) in [4.78, 5) is 50.4. The fraction of sp³-hybridized carbons (Fsp3) is 0.185. The van der Waals surface area contributed by atoms with Gasteiger partial charge < -0.3 is 14.6 Å². The molecule has 0 unspecified atom stereocenters. The molecule has 1 fully saturated rings. The maximum Gasteiger partial charge on any atom is 0.416 e. The molecule has 1 aliphatic heterocycles. The van der Waals surface area contributed by atoms with E-state index in [0.717, 1.165) is 40.2 Å².